The van der Waals surface area contributed by atoms with Crippen LogP contribution in [0.15, 0.2) is 0 Å². The van der Waals surface area contributed by atoms with Crippen molar-refractivity contribution in [2.24, 2.45) is 22.8 Å². The number of likely N-dealkylation sites (tertiary alicyclic amines) is 1. The van der Waals surface area contributed by atoms with E-state index in [9.17, 15) is 35.9 Å². The van der Waals surface area contributed by atoms with Gasteiger partial charge >= 0.3 is 12.4 Å². The topological polar surface area (TPSA) is 89.4 Å². The third-order valence-corrected chi connectivity index (χ3v) is 5.03. The monoisotopic (exact) mass is 405 g/mol. The summed E-state index contributed by atoms with van der Waals surface area (Å²) in [6.07, 6.45) is -11.6. The summed E-state index contributed by atoms with van der Waals surface area (Å²) in [5.41, 5.74) is 8.49. The van der Waals surface area contributed by atoms with E-state index in [1.165, 1.54) is 0 Å². The first-order chi connectivity index (χ1) is 12.3. The number of nitrogens with zero attached hydrogens (tertiary/aromatic N) is 1. The summed E-state index contributed by atoms with van der Waals surface area (Å²) in [5, 5.41) is 0. The van der Waals surface area contributed by atoms with Gasteiger partial charge in [0.2, 0.25) is 11.8 Å². The number of piperidine rings is 1. The van der Waals surface area contributed by atoms with E-state index in [0.717, 1.165) is 19.3 Å². The summed E-state index contributed by atoms with van der Waals surface area (Å²) in [7, 11) is 0. The predicted octanol–water partition coefficient (Wildman–Crippen LogP) is 2.73. The normalized spacial score (nSPS) is 20.1. The number of amides is 2. The second-order valence-corrected chi connectivity index (χ2v) is 7.08. The molecule has 1 aliphatic heterocycles. The SMILES string of the molecule is NC(=O)C(CCC(F)(F)F)C(CCC(F)(F)F)(CN1CCCCC1)C(N)=O. The molecule has 0 saturated carbocycles. The fraction of sp³-hybridized carbons (Fsp3) is 0.875. The summed E-state index contributed by atoms with van der Waals surface area (Å²) in [6.45, 7) is 0.613. The smallest absolute Gasteiger partial charge is 0.369 e. The highest BCUT2D eigenvalue weighted by molar-refractivity contribution is 5.89. The van der Waals surface area contributed by atoms with Gasteiger partial charge in [-0.2, -0.15) is 26.3 Å². The Labute approximate surface area is 153 Å². The van der Waals surface area contributed by atoms with Gasteiger partial charge in [0, 0.05) is 19.4 Å². The molecule has 158 valence electrons. The summed E-state index contributed by atoms with van der Waals surface area (Å²) in [6, 6.07) is 0. The van der Waals surface area contributed by atoms with Gasteiger partial charge in [0.05, 0.1) is 11.3 Å². The second-order valence-electron chi connectivity index (χ2n) is 7.08. The molecule has 0 aromatic carbocycles. The Morgan fingerprint density at radius 3 is 1.78 bits per heavy atom. The van der Waals surface area contributed by atoms with Gasteiger partial charge in [0.15, 0.2) is 0 Å². The molecule has 0 aliphatic carbocycles. The van der Waals surface area contributed by atoms with Crippen LogP contribution in [-0.2, 0) is 9.59 Å². The van der Waals surface area contributed by atoms with Crippen LogP contribution in [0.1, 0.15) is 44.9 Å². The van der Waals surface area contributed by atoms with Gasteiger partial charge in [0.25, 0.3) is 0 Å². The Bertz CT molecular complexity index is 517. The summed E-state index contributed by atoms with van der Waals surface area (Å²) >= 11 is 0. The highest BCUT2D eigenvalue weighted by Crippen LogP contribution is 2.42. The van der Waals surface area contributed by atoms with Gasteiger partial charge in [0.1, 0.15) is 0 Å². The zero-order valence-corrected chi connectivity index (χ0v) is 14.8. The van der Waals surface area contributed by atoms with E-state index < -0.39 is 61.2 Å². The first-order valence-corrected chi connectivity index (χ1v) is 8.72. The molecule has 27 heavy (non-hydrogen) atoms. The van der Waals surface area contributed by atoms with Gasteiger partial charge < -0.3 is 16.4 Å². The standard InChI is InChI=1S/C16H25F6N3O2/c17-15(18,19)5-4-11(12(23)26)14(13(24)27,6-7-16(20,21)22)10-25-8-2-1-3-9-25/h11H,1-10H2,(H2,23,26)(H2,24,27). The number of carbonyl (C=O) groups is 2. The molecule has 1 heterocycles. The Hall–Kier alpha value is -1.52. The first kappa shape index (κ1) is 23.5. The first-order valence-electron chi connectivity index (χ1n) is 8.72. The Kier molecular flexibility index (Phi) is 7.94. The van der Waals surface area contributed by atoms with Crippen LogP contribution >= 0.6 is 0 Å². The van der Waals surface area contributed by atoms with Crippen LogP contribution in [0, 0.1) is 11.3 Å². The van der Waals surface area contributed by atoms with E-state index in [1.807, 2.05) is 0 Å². The third-order valence-electron chi connectivity index (χ3n) is 5.03. The van der Waals surface area contributed by atoms with E-state index in [0.29, 0.717) is 13.1 Å². The number of halogens is 6. The van der Waals surface area contributed by atoms with E-state index in [1.54, 1.807) is 4.90 Å². The highest BCUT2D eigenvalue weighted by Gasteiger charge is 2.50. The third kappa shape index (κ3) is 7.55. The van der Waals surface area contributed by atoms with Crippen LogP contribution < -0.4 is 11.5 Å². The molecule has 1 aliphatic rings. The summed E-state index contributed by atoms with van der Waals surface area (Å²) in [5.74, 6) is -4.22. The van der Waals surface area contributed by atoms with Crippen molar-refractivity contribution in [2.45, 2.75) is 57.3 Å². The van der Waals surface area contributed by atoms with E-state index in [-0.39, 0.29) is 6.54 Å². The molecular formula is C16H25F6N3O2. The zero-order valence-electron chi connectivity index (χ0n) is 14.8. The minimum Gasteiger partial charge on any atom is -0.369 e. The van der Waals surface area contributed by atoms with Crippen LogP contribution in [0.5, 0.6) is 0 Å². The molecule has 1 fully saturated rings. The van der Waals surface area contributed by atoms with Gasteiger partial charge in [-0.1, -0.05) is 6.42 Å². The molecule has 2 unspecified atom stereocenters. The second kappa shape index (κ2) is 9.11. The van der Waals surface area contributed by atoms with Gasteiger partial charge in [-0.25, -0.2) is 0 Å². The fourth-order valence-corrected chi connectivity index (χ4v) is 3.62. The minimum absolute atomic E-state index is 0.316. The number of alkyl halides is 6. The average molecular weight is 405 g/mol. The lowest BCUT2D eigenvalue weighted by Crippen LogP contribution is -2.55. The molecule has 5 nitrogen and oxygen atoms in total. The van der Waals surface area contributed by atoms with Gasteiger partial charge in [-0.05, 0) is 38.8 Å². The molecule has 2 atom stereocenters. The number of hydrogen-bond donors (Lipinski definition) is 2. The largest absolute Gasteiger partial charge is 0.389 e. The Balaban J connectivity index is 3.22. The van der Waals surface area contributed by atoms with Crippen LogP contribution in [0.2, 0.25) is 0 Å². The molecule has 0 radical (unpaired) electrons. The molecule has 0 aromatic heterocycles. The summed E-state index contributed by atoms with van der Waals surface area (Å²) in [4.78, 5) is 25.8. The van der Waals surface area contributed by atoms with E-state index >= 15 is 0 Å². The lowest BCUT2D eigenvalue weighted by Gasteiger charge is -2.42. The van der Waals surface area contributed by atoms with Crippen molar-refractivity contribution in [1.29, 1.82) is 0 Å². The Morgan fingerprint density at radius 1 is 0.852 bits per heavy atom. The van der Waals surface area contributed by atoms with Crippen LogP contribution in [0.25, 0.3) is 0 Å². The van der Waals surface area contributed by atoms with E-state index in [4.69, 9.17) is 11.5 Å². The van der Waals surface area contributed by atoms with Gasteiger partial charge in [-0.15, -0.1) is 0 Å². The lowest BCUT2D eigenvalue weighted by atomic mass is 9.68. The molecule has 2 amide bonds. The maximum atomic E-state index is 12.8. The van der Waals surface area contributed by atoms with Gasteiger partial charge in [-0.3, -0.25) is 9.59 Å². The lowest BCUT2D eigenvalue weighted by molar-refractivity contribution is -0.161. The number of primary amides is 2. The quantitative estimate of drug-likeness (QED) is 0.578. The average Bonchev–Trinajstić information content (AvgIpc) is 2.51. The van der Waals surface area contributed by atoms with E-state index in [2.05, 4.69) is 0 Å². The molecule has 11 heteroatoms. The number of carbonyl (C=O) groups excluding carboxylic acids is 2. The molecule has 0 spiro atoms. The molecule has 4 N–H and O–H groups in total. The number of nitrogens with two attached hydrogens (primary N) is 2. The minimum atomic E-state index is -4.66. The van der Waals surface area contributed by atoms with Crippen molar-refractivity contribution in [3.05, 3.63) is 0 Å². The van der Waals surface area contributed by atoms with Crippen molar-refractivity contribution in [3.8, 4) is 0 Å². The van der Waals surface area contributed by atoms with Crippen molar-refractivity contribution in [3.63, 3.8) is 0 Å². The van der Waals surface area contributed by atoms with Crippen LogP contribution in [0.3, 0.4) is 0 Å². The molecular weight excluding hydrogens is 380 g/mol. The van der Waals surface area contributed by atoms with Crippen molar-refractivity contribution in [2.75, 3.05) is 19.6 Å². The maximum absolute atomic E-state index is 12.8. The molecule has 0 bridgehead atoms. The van der Waals surface area contributed by atoms with Crippen LogP contribution in [0.4, 0.5) is 26.3 Å². The fourth-order valence-electron chi connectivity index (χ4n) is 3.62. The molecule has 0 aromatic rings. The summed E-state index contributed by atoms with van der Waals surface area (Å²) < 4.78 is 76.3. The number of hydrogen-bond acceptors (Lipinski definition) is 3. The van der Waals surface area contributed by atoms with Crippen LogP contribution in [-0.4, -0.2) is 48.7 Å². The molecule has 1 rings (SSSR count). The molecule has 1 saturated heterocycles. The maximum Gasteiger partial charge on any atom is 0.389 e. The van der Waals surface area contributed by atoms with Crippen molar-refractivity contribution < 1.29 is 35.9 Å². The highest BCUT2D eigenvalue weighted by atomic mass is 19.4. The van der Waals surface area contributed by atoms with Crippen molar-refractivity contribution >= 4 is 11.8 Å². The Morgan fingerprint density at radius 2 is 1.37 bits per heavy atom. The predicted molar refractivity (Wildman–Crippen MR) is 85.2 cm³/mol. The van der Waals surface area contributed by atoms with Crippen molar-refractivity contribution in [1.82, 2.24) is 4.90 Å². The number of rotatable bonds is 9. The zero-order chi connectivity index (χ0) is 20.9.